The molecule has 0 aromatic carbocycles. The first-order valence-electron chi connectivity index (χ1n) is 6.63. The second kappa shape index (κ2) is 8.11. The quantitative estimate of drug-likeness (QED) is 0.421. The number of rotatable bonds is 7. The number of nitrogens with one attached hydrogen (secondary N) is 3. The second-order valence-corrected chi connectivity index (χ2v) is 4.19. The molecule has 1 aromatic rings. The Bertz CT molecular complexity index is 454. The number of nitrogens with two attached hydrogens (primary N) is 1. The predicted octanol–water partition coefficient (Wildman–Crippen LogP) is 0.186. The molecular formula is C13H21N5O2. The van der Waals surface area contributed by atoms with Gasteiger partial charge in [-0.1, -0.05) is 6.92 Å². The van der Waals surface area contributed by atoms with Crippen LogP contribution in [0.4, 0.5) is 5.82 Å². The van der Waals surface area contributed by atoms with Gasteiger partial charge in [-0.3, -0.25) is 9.59 Å². The molecule has 0 spiro atoms. The predicted molar refractivity (Wildman–Crippen MR) is 77.1 cm³/mol. The highest BCUT2D eigenvalue weighted by molar-refractivity contribution is 5.95. The normalized spacial score (nSPS) is 9.95. The maximum atomic E-state index is 12.0. The van der Waals surface area contributed by atoms with Crippen LogP contribution in [0.1, 0.15) is 36.3 Å². The van der Waals surface area contributed by atoms with Crippen molar-refractivity contribution in [1.82, 2.24) is 15.6 Å². The first-order chi connectivity index (χ1) is 9.60. The zero-order valence-electron chi connectivity index (χ0n) is 11.8. The molecule has 0 bridgehead atoms. The molecule has 20 heavy (non-hydrogen) atoms. The van der Waals surface area contributed by atoms with Crippen LogP contribution in [0.5, 0.6) is 0 Å². The molecular weight excluding hydrogens is 258 g/mol. The number of pyridine rings is 1. The number of carbonyl (C=O) groups is 2. The Kier molecular flexibility index (Phi) is 6.45. The zero-order chi connectivity index (χ0) is 15.0. The Morgan fingerprint density at radius 3 is 2.60 bits per heavy atom. The number of hydrazine groups is 1. The van der Waals surface area contributed by atoms with E-state index in [1.165, 1.54) is 0 Å². The average Bonchev–Trinajstić information content (AvgIpc) is 2.46. The number of hydrogen-bond donors (Lipinski definition) is 4. The minimum Gasteiger partial charge on any atom is -0.356 e. The van der Waals surface area contributed by atoms with Crippen molar-refractivity contribution in [2.75, 3.05) is 18.5 Å². The van der Waals surface area contributed by atoms with Crippen LogP contribution < -0.4 is 21.9 Å². The van der Waals surface area contributed by atoms with E-state index < -0.39 is 0 Å². The first kappa shape index (κ1) is 15.9. The lowest BCUT2D eigenvalue weighted by atomic mass is 10.2. The number of anilines is 1. The van der Waals surface area contributed by atoms with Crippen LogP contribution in [0, 0.1) is 0 Å². The third kappa shape index (κ3) is 4.85. The first-order valence-corrected chi connectivity index (χ1v) is 6.63. The number of amides is 2. The molecule has 0 aliphatic heterocycles. The molecule has 1 aromatic heterocycles. The molecule has 5 N–H and O–H groups in total. The standard InChI is InChI=1S/C13H21N5O2/c1-3-10-7-9(8-11(17-10)18-14)13(20)16-6-5-12(19)15-4-2/h7-8H,3-6,14H2,1-2H3,(H,15,19)(H,16,20)(H,17,18). The molecule has 1 heterocycles. The van der Waals surface area contributed by atoms with E-state index in [-0.39, 0.29) is 18.2 Å². The van der Waals surface area contributed by atoms with Crippen molar-refractivity contribution in [2.24, 2.45) is 5.84 Å². The minimum atomic E-state index is -0.247. The van der Waals surface area contributed by atoms with Gasteiger partial charge in [-0.15, -0.1) is 0 Å². The summed E-state index contributed by atoms with van der Waals surface area (Å²) in [6.45, 7) is 4.67. The third-order valence-corrected chi connectivity index (χ3v) is 2.66. The summed E-state index contributed by atoms with van der Waals surface area (Å²) in [6, 6.07) is 3.28. The monoisotopic (exact) mass is 279 g/mol. The Morgan fingerprint density at radius 2 is 2.00 bits per heavy atom. The largest absolute Gasteiger partial charge is 0.356 e. The van der Waals surface area contributed by atoms with E-state index in [1.807, 2.05) is 13.8 Å². The number of carbonyl (C=O) groups excluding carboxylic acids is 2. The van der Waals surface area contributed by atoms with E-state index in [9.17, 15) is 9.59 Å². The molecule has 0 atom stereocenters. The summed E-state index contributed by atoms with van der Waals surface area (Å²) in [5.74, 6) is 5.43. The Labute approximate surface area is 118 Å². The zero-order valence-corrected chi connectivity index (χ0v) is 11.8. The fraction of sp³-hybridized carbons (Fsp3) is 0.462. The number of aryl methyl sites for hydroxylation is 1. The number of nitrogens with zero attached hydrogens (tertiary/aromatic N) is 1. The second-order valence-electron chi connectivity index (χ2n) is 4.19. The highest BCUT2D eigenvalue weighted by Gasteiger charge is 2.09. The lowest BCUT2D eigenvalue weighted by Crippen LogP contribution is -2.30. The third-order valence-electron chi connectivity index (χ3n) is 2.66. The van der Waals surface area contributed by atoms with Crippen LogP contribution in [-0.4, -0.2) is 29.9 Å². The highest BCUT2D eigenvalue weighted by Crippen LogP contribution is 2.10. The fourth-order valence-corrected chi connectivity index (χ4v) is 1.65. The number of nitrogen functional groups attached to an aromatic ring is 1. The van der Waals surface area contributed by atoms with Gasteiger partial charge < -0.3 is 16.1 Å². The van der Waals surface area contributed by atoms with Crippen molar-refractivity contribution in [3.05, 3.63) is 23.4 Å². The van der Waals surface area contributed by atoms with Crippen LogP contribution in [0.3, 0.4) is 0 Å². The summed E-state index contributed by atoms with van der Waals surface area (Å²) in [7, 11) is 0. The number of hydrogen-bond acceptors (Lipinski definition) is 5. The van der Waals surface area contributed by atoms with Gasteiger partial charge in [0.1, 0.15) is 5.82 Å². The topological polar surface area (TPSA) is 109 Å². The lowest BCUT2D eigenvalue weighted by Gasteiger charge is -2.08. The van der Waals surface area contributed by atoms with Gasteiger partial charge in [0, 0.05) is 30.8 Å². The maximum absolute atomic E-state index is 12.0. The van der Waals surface area contributed by atoms with E-state index in [4.69, 9.17) is 5.84 Å². The van der Waals surface area contributed by atoms with Crippen molar-refractivity contribution < 1.29 is 9.59 Å². The summed E-state index contributed by atoms with van der Waals surface area (Å²) in [5, 5.41) is 5.36. The van der Waals surface area contributed by atoms with E-state index in [0.29, 0.717) is 30.9 Å². The average molecular weight is 279 g/mol. The van der Waals surface area contributed by atoms with Crippen LogP contribution in [-0.2, 0) is 11.2 Å². The van der Waals surface area contributed by atoms with Crippen LogP contribution in [0.25, 0.3) is 0 Å². The Hall–Kier alpha value is -2.15. The molecule has 0 unspecified atom stereocenters. The summed E-state index contributed by atoms with van der Waals surface area (Å²) >= 11 is 0. The van der Waals surface area contributed by atoms with Crippen LogP contribution in [0.15, 0.2) is 12.1 Å². The lowest BCUT2D eigenvalue weighted by molar-refractivity contribution is -0.120. The van der Waals surface area contributed by atoms with Crippen molar-refractivity contribution in [3.8, 4) is 0 Å². The van der Waals surface area contributed by atoms with Gasteiger partial charge in [-0.2, -0.15) is 0 Å². The van der Waals surface area contributed by atoms with Gasteiger partial charge in [0.15, 0.2) is 0 Å². The van der Waals surface area contributed by atoms with Gasteiger partial charge in [0.2, 0.25) is 5.91 Å². The fourth-order valence-electron chi connectivity index (χ4n) is 1.65. The molecule has 0 aliphatic rings. The van der Waals surface area contributed by atoms with Crippen molar-refractivity contribution in [3.63, 3.8) is 0 Å². The van der Waals surface area contributed by atoms with E-state index in [2.05, 4.69) is 21.0 Å². The molecule has 0 saturated carbocycles. The van der Waals surface area contributed by atoms with Gasteiger partial charge in [-0.05, 0) is 25.5 Å². The molecule has 0 radical (unpaired) electrons. The molecule has 110 valence electrons. The molecule has 2 amide bonds. The SMILES string of the molecule is CCNC(=O)CCNC(=O)c1cc(CC)nc(NN)c1. The van der Waals surface area contributed by atoms with Gasteiger partial charge >= 0.3 is 0 Å². The van der Waals surface area contributed by atoms with Crippen molar-refractivity contribution in [1.29, 1.82) is 0 Å². The van der Waals surface area contributed by atoms with Crippen molar-refractivity contribution in [2.45, 2.75) is 26.7 Å². The Balaban J connectivity index is 2.60. The van der Waals surface area contributed by atoms with Crippen LogP contribution in [0.2, 0.25) is 0 Å². The molecule has 0 fully saturated rings. The summed E-state index contributed by atoms with van der Waals surface area (Å²) in [6.07, 6.45) is 0.960. The summed E-state index contributed by atoms with van der Waals surface area (Å²) in [4.78, 5) is 27.4. The maximum Gasteiger partial charge on any atom is 0.251 e. The molecule has 0 saturated heterocycles. The molecule has 1 rings (SSSR count). The van der Waals surface area contributed by atoms with E-state index in [1.54, 1.807) is 12.1 Å². The Morgan fingerprint density at radius 1 is 1.25 bits per heavy atom. The molecule has 7 heteroatoms. The summed E-state index contributed by atoms with van der Waals surface area (Å²) < 4.78 is 0. The van der Waals surface area contributed by atoms with Crippen LogP contribution >= 0.6 is 0 Å². The van der Waals surface area contributed by atoms with Gasteiger partial charge in [-0.25, -0.2) is 10.8 Å². The smallest absolute Gasteiger partial charge is 0.251 e. The molecule has 7 nitrogen and oxygen atoms in total. The highest BCUT2D eigenvalue weighted by atomic mass is 16.2. The van der Waals surface area contributed by atoms with E-state index in [0.717, 1.165) is 5.69 Å². The summed E-state index contributed by atoms with van der Waals surface area (Å²) in [5.41, 5.74) is 3.68. The number of aromatic nitrogens is 1. The van der Waals surface area contributed by atoms with Crippen molar-refractivity contribution >= 4 is 17.6 Å². The van der Waals surface area contributed by atoms with E-state index >= 15 is 0 Å². The van der Waals surface area contributed by atoms with Gasteiger partial charge in [0.05, 0.1) is 0 Å². The molecule has 0 aliphatic carbocycles. The van der Waals surface area contributed by atoms with Gasteiger partial charge in [0.25, 0.3) is 5.91 Å². The minimum absolute atomic E-state index is 0.0823.